The topological polar surface area (TPSA) is 79.6 Å². The van der Waals surface area contributed by atoms with Crippen LogP contribution in [0.2, 0.25) is 0 Å². The maximum Gasteiger partial charge on any atom is 0.259 e. The minimum absolute atomic E-state index is 0.0474. The number of nitriles is 1. The van der Waals surface area contributed by atoms with Crippen molar-refractivity contribution in [1.82, 2.24) is 4.67 Å². The molecular formula is C23H35N2O4PS3. The first kappa shape index (κ1) is 27.3. The van der Waals surface area contributed by atoms with E-state index in [0.717, 1.165) is 25.7 Å². The molecule has 1 spiro atoms. The molecule has 1 saturated carbocycles. The van der Waals surface area contributed by atoms with Gasteiger partial charge in [0.15, 0.2) is 9.84 Å². The fraction of sp³-hybridized carbons (Fsp3) is 0.696. The Kier molecular flexibility index (Phi) is 9.97. The summed E-state index contributed by atoms with van der Waals surface area (Å²) in [7, 11) is -1.39. The summed E-state index contributed by atoms with van der Waals surface area (Å²) >= 11 is 0. The standard InChI is InChI=1S/C23H35N2O4PS3/c1-18(2)25(19(3)4)30(28-16-10-15-24)29-22-21(31-32-23(22)13-8-9-14-23)17-33(26,27)20-11-6-5-7-12-20/h5-7,11-12,18-19,21-22H,8-10,13-14,16-17H2,1-4H3. The van der Waals surface area contributed by atoms with Crippen LogP contribution in [0.5, 0.6) is 0 Å². The molecule has 1 saturated heterocycles. The fourth-order valence-corrected chi connectivity index (χ4v) is 12.8. The first-order chi connectivity index (χ1) is 15.7. The van der Waals surface area contributed by atoms with Crippen LogP contribution < -0.4 is 0 Å². The Balaban J connectivity index is 1.88. The van der Waals surface area contributed by atoms with Crippen molar-refractivity contribution in [3.05, 3.63) is 30.3 Å². The maximum atomic E-state index is 13.2. The lowest BCUT2D eigenvalue weighted by Crippen LogP contribution is -2.44. The third kappa shape index (κ3) is 6.67. The predicted octanol–water partition coefficient (Wildman–Crippen LogP) is 6.20. The van der Waals surface area contributed by atoms with E-state index in [4.69, 9.17) is 14.3 Å². The molecule has 6 nitrogen and oxygen atoms in total. The lowest BCUT2D eigenvalue weighted by atomic mass is 9.97. The van der Waals surface area contributed by atoms with Crippen LogP contribution in [0.3, 0.4) is 0 Å². The van der Waals surface area contributed by atoms with Crippen molar-refractivity contribution < 1.29 is 17.5 Å². The molecule has 2 fully saturated rings. The molecule has 33 heavy (non-hydrogen) atoms. The predicted molar refractivity (Wildman–Crippen MR) is 139 cm³/mol. The summed E-state index contributed by atoms with van der Waals surface area (Å²) in [5.41, 5.74) is 0. The van der Waals surface area contributed by atoms with Crippen molar-refractivity contribution in [2.45, 2.75) is 92.9 Å². The molecule has 0 radical (unpaired) electrons. The van der Waals surface area contributed by atoms with Gasteiger partial charge in [-0.25, -0.2) is 13.1 Å². The molecule has 3 unspecified atom stereocenters. The van der Waals surface area contributed by atoms with Crippen molar-refractivity contribution in [3.8, 4) is 6.07 Å². The van der Waals surface area contributed by atoms with Crippen molar-refractivity contribution >= 4 is 40.0 Å². The summed E-state index contributed by atoms with van der Waals surface area (Å²) in [5, 5.41) is 8.84. The Bertz CT molecular complexity index is 894. The van der Waals surface area contributed by atoms with Crippen LogP contribution in [0.15, 0.2) is 35.2 Å². The normalized spacial score (nSPS) is 23.6. The van der Waals surface area contributed by atoms with Crippen molar-refractivity contribution in [3.63, 3.8) is 0 Å². The van der Waals surface area contributed by atoms with Crippen LogP contribution >= 0.6 is 30.1 Å². The number of hydrogen-bond donors (Lipinski definition) is 0. The molecule has 0 amide bonds. The first-order valence-corrected chi connectivity index (χ1v) is 16.6. The van der Waals surface area contributed by atoms with E-state index in [0.29, 0.717) is 17.9 Å². The van der Waals surface area contributed by atoms with Crippen molar-refractivity contribution in [2.24, 2.45) is 0 Å². The van der Waals surface area contributed by atoms with E-state index in [2.05, 4.69) is 38.4 Å². The van der Waals surface area contributed by atoms with Crippen LogP contribution in [-0.2, 0) is 18.9 Å². The van der Waals surface area contributed by atoms with Gasteiger partial charge in [-0.05, 0) is 52.7 Å². The second-order valence-electron chi connectivity index (χ2n) is 9.16. The molecule has 1 aromatic rings. The van der Waals surface area contributed by atoms with Gasteiger partial charge in [0, 0.05) is 12.1 Å². The van der Waals surface area contributed by atoms with Crippen LogP contribution in [-0.4, -0.2) is 53.6 Å². The zero-order chi connectivity index (χ0) is 24.1. The molecule has 3 atom stereocenters. The highest BCUT2D eigenvalue weighted by Gasteiger charge is 2.55. The largest absolute Gasteiger partial charge is 0.321 e. The molecule has 1 aliphatic heterocycles. The number of sulfone groups is 1. The SMILES string of the molecule is CC(C)N(C(C)C)P(OCCC#N)OC1C(CS(=O)(=O)c2ccccc2)SSC12CCCC2. The minimum Gasteiger partial charge on any atom is -0.321 e. The zero-order valence-corrected chi connectivity index (χ0v) is 23.2. The molecule has 0 bridgehead atoms. The number of nitrogens with zero attached hydrogens (tertiary/aromatic N) is 2. The van der Waals surface area contributed by atoms with Gasteiger partial charge in [-0.15, -0.1) is 0 Å². The molecule has 1 heterocycles. The van der Waals surface area contributed by atoms with Crippen molar-refractivity contribution in [2.75, 3.05) is 12.4 Å². The first-order valence-electron chi connectivity index (χ1n) is 11.6. The average Bonchev–Trinajstić information content (AvgIpc) is 3.36. The average molecular weight is 531 g/mol. The van der Waals surface area contributed by atoms with Gasteiger partial charge in [-0.1, -0.05) is 52.6 Å². The van der Waals surface area contributed by atoms with Crippen LogP contribution in [0.25, 0.3) is 0 Å². The Hall–Kier alpha value is -0.330. The highest BCUT2D eigenvalue weighted by atomic mass is 33.1. The Morgan fingerprint density at radius 2 is 1.82 bits per heavy atom. The summed E-state index contributed by atoms with van der Waals surface area (Å²) in [6.07, 6.45) is 4.41. The Morgan fingerprint density at radius 1 is 1.18 bits per heavy atom. The third-order valence-electron chi connectivity index (χ3n) is 6.00. The molecule has 0 aromatic heterocycles. The van der Waals surface area contributed by atoms with E-state index < -0.39 is 18.4 Å². The molecule has 2 aliphatic rings. The number of hydrogen-bond acceptors (Lipinski definition) is 8. The summed E-state index contributed by atoms with van der Waals surface area (Å²) in [6.45, 7) is 8.78. The van der Waals surface area contributed by atoms with Gasteiger partial charge in [-0.3, -0.25) is 0 Å². The van der Waals surface area contributed by atoms with E-state index in [1.54, 1.807) is 35.1 Å². The molecular weight excluding hydrogens is 495 g/mol. The van der Waals surface area contributed by atoms with Gasteiger partial charge >= 0.3 is 0 Å². The maximum absolute atomic E-state index is 13.2. The monoisotopic (exact) mass is 530 g/mol. The second kappa shape index (κ2) is 12.1. The van der Waals surface area contributed by atoms with Crippen LogP contribution in [0.1, 0.15) is 59.8 Å². The lowest BCUT2D eigenvalue weighted by molar-refractivity contribution is 0.110. The molecule has 1 aromatic carbocycles. The molecule has 10 heteroatoms. The second-order valence-corrected chi connectivity index (χ2v) is 15.5. The zero-order valence-electron chi connectivity index (χ0n) is 19.8. The molecule has 1 aliphatic carbocycles. The van der Waals surface area contributed by atoms with Crippen LogP contribution in [0.4, 0.5) is 0 Å². The highest BCUT2D eigenvalue weighted by molar-refractivity contribution is 8.78. The van der Waals surface area contributed by atoms with Gasteiger partial charge in [0.05, 0.1) is 45.8 Å². The van der Waals surface area contributed by atoms with E-state index in [9.17, 15) is 8.42 Å². The Labute approximate surface area is 208 Å². The molecule has 184 valence electrons. The van der Waals surface area contributed by atoms with Crippen LogP contribution in [0, 0.1) is 11.3 Å². The quantitative estimate of drug-likeness (QED) is 0.190. The lowest BCUT2D eigenvalue weighted by Gasteiger charge is -2.40. The van der Waals surface area contributed by atoms with E-state index >= 15 is 0 Å². The summed E-state index contributed by atoms with van der Waals surface area (Å²) in [4.78, 5) is 0.361. The van der Waals surface area contributed by atoms with Gasteiger partial charge in [0.2, 0.25) is 0 Å². The third-order valence-corrected chi connectivity index (χ3v) is 13.9. The van der Waals surface area contributed by atoms with Gasteiger partial charge < -0.3 is 9.05 Å². The number of rotatable bonds is 11. The fourth-order valence-electron chi connectivity index (χ4n) is 4.55. The Morgan fingerprint density at radius 3 is 2.39 bits per heavy atom. The van der Waals surface area contributed by atoms with E-state index in [-0.39, 0.29) is 33.9 Å². The van der Waals surface area contributed by atoms with E-state index in [1.165, 1.54) is 0 Å². The van der Waals surface area contributed by atoms with E-state index in [1.807, 2.05) is 16.9 Å². The minimum atomic E-state index is -3.44. The smallest absolute Gasteiger partial charge is 0.259 e. The summed E-state index contributed by atoms with van der Waals surface area (Å²) < 4.78 is 41.6. The summed E-state index contributed by atoms with van der Waals surface area (Å²) in [5.74, 6) is 0.0474. The molecule has 3 rings (SSSR count). The van der Waals surface area contributed by atoms with Crippen molar-refractivity contribution in [1.29, 1.82) is 5.26 Å². The van der Waals surface area contributed by atoms with Gasteiger partial charge in [0.25, 0.3) is 8.53 Å². The molecule has 0 N–H and O–H groups in total. The highest BCUT2D eigenvalue weighted by Crippen LogP contribution is 2.63. The number of benzene rings is 1. The van der Waals surface area contributed by atoms with Gasteiger partial charge in [0.1, 0.15) is 0 Å². The summed E-state index contributed by atoms with van der Waals surface area (Å²) in [6, 6.07) is 11.2. The van der Waals surface area contributed by atoms with Gasteiger partial charge in [-0.2, -0.15) is 5.26 Å².